The molecule has 0 fully saturated rings. The standard InChI is InChI=1S/C14H20N2OS/c1-4-18-14-7-5-6-13(12(14)8-15)16-11(3)10(2)9-17/h5-7,10-11,16-17H,4,9H2,1-3H3. The van der Waals surface area contributed by atoms with E-state index in [0.717, 1.165) is 16.3 Å². The number of nitriles is 1. The Labute approximate surface area is 113 Å². The predicted octanol–water partition coefficient (Wildman–Crippen LogP) is 3.10. The largest absolute Gasteiger partial charge is 0.396 e. The van der Waals surface area contributed by atoms with Crippen molar-refractivity contribution in [2.24, 2.45) is 5.92 Å². The van der Waals surface area contributed by atoms with E-state index in [1.165, 1.54) is 0 Å². The van der Waals surface area contributed by atoms with Crippen molar-refractivity contribution in [2.45, 2.75) is 31.7 Å². The van der Waals surface area contributed by atoms with Gasteiger partial charge in [-0.1, -0.05) is 19.9 Å². The highest BCUT2D eigenvalue weighted by Crippen LogP contribution is 2.28. The molecule has 0 amide bonds. The molecule has 0 radical (unpaired) electrons. The third-order valence-electron chi connectivity index (χ3n) is 2.96. The van der Waals surface area contributed by atoms with Crippen LogP contribution in [0.2, 0.25) is 0 Å². The van der Waals surface area contributed by atoms with Crippen molar-refractivity contribution in [1.29, 1.82) is 5.26 Å². The van der Waals surface area contributed by atoms with Crippen LogP contribution in [0.5, 0.6) is 0 Å². The molecule has 0 aromatic heterocycles. The van der Waals surface area contributed by atoms with Gasteiger partial charge in [0.15, 0.2) is 0 Å². The number of rotatable bonds is 6. The van der Waals surface area contributed by atoms with E-state index in [4.69, 9.17) is 5.11 Å². The summed E-state index contributed by atoms with van der Waals surface area (Å²) in [6.45, 7) is 6.21. The Hall–Kier alpha value is -1.18. The molecule has 1 aromatic rings. The number of aliphatic hydroxyl groups excluding tert-OH is 1. The lowest BCUT2D eigenvalue weighted by atomic mass is 10.0. The van der Waals surface area contributed by atoms with Gasteiger partial charge in [-0.25, -0.2) is 0 Å². The Bertz CT molecular complexity index is 428. The number of aliphatic hydroxyl groups is 1. The lowest BCUT2D eigenvalue weighted by Crippen LogP contribution is -2.26. The molecule has 0 heterocycles. The average molecular weight is 264 g/mol. The normalized spacial score (nSPS) is 13.7. The third kappa shape index (κ3) is 3.66. The Morgan fingerprint density at radius 3 is 2.72 bits per heavy atom. The molecule has 2 N–H and O–H groups in total. The lowest BCUT2D eigenvalue weighted by Gasteiger charge is -2.21. The second kappa shape index (κ2) is 7.30. The molecular formula is C14H20N2OS. The van der Waals surface area contributed by atoms with E-state index < -0.39 is 0 Å². The number of benzene rings is 1. The third-order valence-corrected chi connectivity index (χ3v) is 3.90. The smallest absolute Gasteiger partial charge is 0.102 e. The first-order valence-corrected chi connectivity index (χ1v) is 7.15. The van der Waals surface area contributed by atoms with Crippen LogP contribution < -0.4 is 5.32 Å². The van der Waals surface area contributed by atoms with Crippen LogP contribution in [0.15, 0.2) is 23.1 Å². The molecular weight excluding hydrogens is 244 g/mol. The Kier molecular flexibility index (Phi) is 6.03. The number of nitrogens with one attached hydrogen (secondary N) is 1. The quantitative estimate of drug-likeness (QED) is 0.775. The van der Waals surface area contributed by atoms with E-state index in [1.807, 2.05) is 32.0 Å². The van der Waals surface area contributed by atoms with Crippen LogP contribution >= 0.6 is 11.8 Å². The Balaban J connectivity index is 2.95. The first-order valence-electron chi connectivity index (χ1n) is 6.17. The first kappa shape index (κ1) is 14.9. The fraction of sp³-hybridized carbons (Fsp3) is 0.500. The molecule has 18 heavy (non-hydrogen) atoms. The molecule has 0 bridgehead atoms. The summed E-state index contributed by atoms with van der Waals surface area (Å²) in [6, 6.07) is 8.24. The highest BCUT2D eigenvalue weighted by molar-refractivity contribution is 7.99. The summed E-state index contributed by atoms with van der Waals surface area (Å²) in [4.78, 5) is 1.01. The van der Waals surface area contributed by atoms with Gasteiger partial charge in [-0.05, 0) is 30.7 Å². The van der Waals surface area contributed by atoms with Gasteiger partial charge >= 0.3 is 0 Å². The van der Waals surface area contributed by atoms with Gasteiger partial charge in [-0.2, -0.15) is 5.26 Å². The van der Waals surface area contributed by atoms with Gasteiger partial charge in [0, 0.05) is 17.5 Å². The number of anilines is 1. The summed E-state index contributed by atoms with van der Waals surface area (Å²) in [5.41, 5.74) is 1.55. The van der Waals surface area contributed by atoms with Crippen LogP contribution in [0.4, 0.5) is 5.69 Å². The molecule has 0 saturated heterocycles. The highest BCUT2D eigenvalue weighted by Gasteiger charge is 2.14. The van der Waals surface area contributed by atoms with Crippen molar-refractivity contribution in [3.05, 3.63) is 23.8 Å². The molecule has 0 aliphatic heterocycles. The minimum absolute atomic E-state index is 0.129. The van der Waals surface area contributed by atoms with Crippen LogP contribution in [0.1, 0.15) is 26.3 Å². The highest BCUT2D eigenvalue weighted by atomic mass is 32.2. The molecule has 2 unspecified atom stereocenters. The van der Waals surface area contributed by atoms with E-state index >= 15 is 0 Å². The van der Waals surface area contributed by atoms with Gasteiger partial charge in [0.25, 0.3) is 0 Å². The summed E-state index contributed by atoms with van der Waals surface area (Å²) >= 11 is 1.67. The molecule has 98 valence electrons. The minimum atomic E-state index is 0.129. The SMILES string of the molecule is CCSc1cccc(NC(C)C(C)CO)c1C#N. The van der Waals surface area contributed by atoms with Crippen molar-refractivity contribution in [3.63, 3.8) is 0 Å². The van der Waals surface area contributed by atoms with Crippen molar-refractivity contribution in [3.8, 4) is 6.07 Å². The van der Waals surface area contributed by atoms with Crippen molar-refractivity contribution in [1.82, 2.24) is 0 Å². The second-order valence-electron chi connectivity index (χ2n) is 4.32. The van der Waals surface area contributed by atoms with Gasteiger partial charge in [0.1, 0.15) is 6.07 Å². The first-order chi connectivity index (χ1) is 8.63. The average Bonchev–Trinajstić information content (AvgIpc) is 2.38. The van der Waals surface area contributed by atoms with Gasteiger partial charge in [0.05, 0.1) is 11.3 Å². The van der Waals surface area contributed by atoms with Crippen molar-refractivity contribution in [2.75, 3.05) is 17.7 Å². The number of hydrogen-bond donors (Lipinski definition) is 2. The van der Waals surface area contributed by atoms with Crippen molar-refractivity contribution >= 4 is 17.4 Å². The minimum Gasteiger partial charge on any atom is -0.396 e. The zero-order valence-electron chi connectivity index (χ0n) is 11.1. The van der Waals surface area contributed by atoms with Gasteiger partial charge in [-0.15, -0.1) is 11.8 Å². The van der Waals surface area contributed by atoms with E-state index in [2.05, 4.69) is 18.3 Å². The summed E-state index contributed by atoms with van der Waals surface area (Å²) in [5.74, 6) is 1.10. The zero-order chi connectivity index (χ0) is 13.5. The van der Waals surface area contributed by atoms with Crippen molar-refractivity contribution < 1.29 is 5.11 Å². The second-order valence-corrected chi connectivity index (χ2v) is 5.62. The van der Waals surface area contributed by atoms with E-state index in [9.17, 15) is 5.26 Å². The molecule has 2 atom stereocenters. The Morgan fingerprint density at radius 1 is 1.44 bits per heavy atom. The van der Waals surface area contributed by atoms with Crippen LogP contribution in [0, 0.1) is 17.2 Å². The molecule has 1 aromatic carbocycles. The van der Waals surface area contributed by atoms with Gasteiger partial charge in [-0.3, -0.25) is 0 Å². The molecule has 1 rings (SSSR count). The Morgan fingerprint density at radius 2 is 2.17 bits per heavy atom. The molecule has 0 saturated carbocycles. The number of thioether (sulfide) groups is 1. The summed E-state index contributed by atoms with van der Waals surface area (Å²) in [6.07, 6.45) is 0. The molecule has 0 aliphatic rings. The molecule has 0 aliphatic carbocycles. The topological polar surface area (TPSA) is 56.0 Å². The maximum Gasteiger partial charge on any atom is 0.102 e. The predicted molar refractivity (Wildman–Crippen MR) is 76.9 cm³/mol. The molecule has 3 nitrogen and oxygen atoms in total. The fourth-order valence-electron chi connectivity index (χ4n) is 1.59. The monoisotopic (exact) mass is 264 g/mol. The van der Waals surface area contributed by atoms with Crippen LogP contribution in [-0.2, 0) is 0 Å². The van der Waals surface area contributed by atoms with E-state index in [0.29, 0.717) is 5.56 Å². The van der Waals surface area contributed by atoms with Crippen LogP contribution in [0.3, 0.4) is 0 Å². The number of nitrogens with zero attached hydrogens (tertiary/aromatic N) is 1. The van der Waals surface area contributed by atoms with Gasteiger partial charge < -0.3 is 10.4 Å². The van der Waals surface area contributed by atoms with Crippen LogP contribution in [-0.4, -0.2) is 23.5 Å². The maximum absolute atomic E-state index is 9.28. The molecule has 4 heteroatoms. The van der Waals surface area contributed by atoms with Gasteiger partial charge in [0.2, 0.25) is 0 Å². The zero-order valence-corrected chi connectivity index (χ0v) is 11.9. The summed E-state index contributed by atoms with van der Waals surface area (Å²) < 4.78 is 0. The lowest BCUT2D eigenvalue weighted by molar-refractivity contribution is 0.226. The maximum atomic E-state index is 9.28. The van der Waals surface area contributed by atoms with E-state index in [1.54, 1.807) is 11.8 Å². The molecule has 0 spiro atoms. The van der Waals surface area contributed by atoms with E-state index in [-0.39, 0.29) is 18.6 Å². The number of hydrogen-bond acceptors (Lipinski definition) is 4. The summed E-state index contributed by atoms with van der Waals surface area (Å²) in [5, 5.41) is 21.7. The van der Waals surface area contributed by atoms with Crippen LogP contribution in [0.25, 0.3) is 0 Å². The fourth-order valence-corrected chi connectivity index (χ4v) is 2.37. The summed E-state index contributed by atoms with van der Waals surface area (Å²) in [7, 11) is 0.